The first-order valence-corrected chi connectivity index (χ1v) is 8.46. The zero-order chi connectivity index (χ0) is 17.1. The van der Waals surface area contributed by atoms with E-state index >= 15 is 0 Å². The van der Waals surface area contributed by atoms with Gasteiger partial charge in [-0.1, -0.05) is 0 Å². The van der Waals surface area contributed by atoms with Crippen molar-refractivity contribution in [3.05, 3.63) is 34.4 Å². The number of carbonyl (C=O) groups excluding carboxylic acids is 1. The van der Waals surface area contributed by atoms with Gasteiger partial charge in [-0.25, -0.2) is 4.79 Å². The van der Waals surface area contributed by atoms with E-state index in [1.54, 1.807) is 0 Å². The molecule has 128 valence electrons. The van der Waals surface area contributed by atoms with Gasteiger partial charge in [-0.3, -0.25) is 10.1 Å². The summed E-state index contributed by atoms with van der Waals surface area (Å²) in [7, 11) is 0. The summed E-state index contributed by atoms with van der Waals surface area (Å²) >= 11 is 0. The van der Waals surface area contributed by atoms with Gasteiger partial charge in [0.15, 0.2) is 0 Å². The lowest BCUT2D eigenvalue weighted by Gasteiger charge is -2.43. The third-order valence-electron chi connectivity index (χ3n) is 6.66. The molecule has 0 spiro atoms. The zero-order valence-electron chi connectivity index (χ0n) is 13.9. The summed E-state index contributed by atoms with van der Waals surface area (Å²) in [6.07, 6.45) is 4.11. The molecule has 5 rings (SSSR count). The third kappa shape index (κ3) is 2.12. The second-order valence-corrected chi connectivity index (χ2v) is 7.97. The van der Waals surface area contributed by atoms with Gasteiger partial charge in [0.2, 0.25) is 0 Å². The van der Waals surface area contributed by atoms with Crippen LogP contribution in [-0.4, -0.2) is 16.7 Å². The normalized spacial score (nSPS) is 33.0. The fourth-order valence-corrected chi connectivity index (χ4v) is 5.56. The Morgan fingerprint density at radius 1 is 1.21 bits per heavy atom. The number of rotatable bonds is 4. The third-order valence-corrected chi connectivity index (χ3v) is 6.66. The maximum atomic E-state index is 12.2. The Kier molecular flexibility index (Phi) is 3.18. The minimum absolute atomic E-state index is 0.0438. The standard InChI is InChI=1S/C18H21NO5/c1-17(2,18-9-11-7-13(18)8-12(11)10-18)24-16(20)23-15-5-3-14(4-6-15)19(21)22/h3-6,11-13H,7-10H2,1-2H3. The van der Waals surface area contributed by atoms with Crippen LogP contribution in [0.2, 0.25) is 0 Å². The number of nitrogens with zero attached hydrogens (tertiary/aromatic N) is 1. The van der Waals surface area contributed by atoms with Gasteiger partial charge >= 0.3 is 6.16 Å². The zero-order valence-corrected chi connectivity index (χ0v) is 13.9. The molecule has 0 aliphatic heterocycles. The lowest BCUT2D eigenvalue weighted by Crippen LogP contribution is -2.47. The Labute approximate surface area is 140 Å². The summed E-state index contributed by atoms with van der Waals surface area (Å²) < 4.78 is 10.9. The molecule has 0 heterocycles. The molecule has 0 saturated heterocycles. The lowest BCUT2D eigenvalue weighted by atomic mass is 9.68. The van der Waals surface area contributed by atoms with Crippen molar-refractivity contribution in [1.29, 1.82) is 0 Å². The highest BCUT2D eigenvalue weighted by Gasteiger charge is 2.69. The van der Waals surface area contributed by atoms with Crippen LogP contribution in [0.4, 0.5) is 10.5 Å². The second kappa shape index (κ2) is 4.94. The van der Waals surface area contributed by atoms with E-state index in [1.807, 2.05) is 13.8 Å². The van der Waals surface area contributed by atoms with Crippen LogP contribution in [0.1, 0.15) is 39.5 Å². The summed E-state index contributed by atoms with van der Waals surface area (Å²) in [5, 5.41) is 10.6. The molecule has 4 bridgehead atoms. The minimum atomic E-state index is -0.740. The van der Waals surface area contributed by atoms with Crippen LogP contribution < -0.4 is 4.74 Å². The predicted molar refractivity (Wildman–Crippen MR) is 85.7 cm³/mol. The fraction of sp³-hybridized carbons (Fsp3) is 0.611. The molecule has 0 amide bonds. The minimum Gasteiger partial charge on any atom is -0.427 e. The molecule has 24 heavy (non-hydrogen) atoms. The van der Waals surface area contributed by atoms with Crippen LogP contribution in [0.25, 0.3) is 0 Å². The molecule has 4 fully saturated rings. The number of ether oxygens (including phenoxy) is 2. The Morgan fingerprint density at radius 3 is 2.25 bits per heavy atom. The average molecular weight is 331 g/mol. The Hall–Kier alpha value is -2.11. The Morgan fingerprint density at radius 2 is 1.79 bits per heavy atom. The molecule has 1 aromatic carbocycles. The highest BCUT2D eigenvalue weighted by atomic mass is 16.7. The summed E-state index contributed by atoms with van der Waals surface area (Å²) in [5.41, 5.74) is -0.510. The SMILES string of the molecule is CC(C)(OC(=O)Oc1ccc([N+](=O)[O-])cc1)C12CC3CC1CC3C2. The molecule has 0 aromatic heterocycles. The van der Waals surface area contributed by atoms with E-state index in [9.17, 15) is 14.9 Å². The molecule has 4 aliphatic carbocycles. The van der Waals surface area contributed by atoms with Crippen molar-refractivity contribution < 1.29 is 19.2 Å². The first kappa shape index (κ1) is 15.4. The van der Waals surface area contributed by atoms with Crippen LogP contribution in [0.5, 0.6) is 5.75 Å². The fourth-order valence-electron chi connectivity index (χ4n) is 5.56. The molecule has 4 aliphatic rings. The van der Waals surface area contributed by atoms with E-state index in [4.69, 9.17) is 9.47 Å². The number of benzene rings is 1. The highest BCUT2D eigenvalue weighted by Crippen LogP contribution is 2.73. The molecular formula is C18H21NO5. The van der Waals surface area contributed by atoms with E-state index in [0.717, 1.165) is 24.7 Å². The van der Waals surface area contributed by atoms with Gasteiger partial charge < -0.3 is 9.47 Å². The topological polar surface area (TPSA) is 78.7 Å². The summed E-state index contributed by atoms with van der Waals surface area (Å²) in [6.45, 7) is 3.99. The van der Waals surface area contributed by atoms with Gasteiger partial charge in [0.05, 0.1) is 4.92 Å². The van der Waals surface area contributed by atoms with Gasteiger partial charge in [-0.15, -0.1) is 0 Å². The summed E-state index contributed by atoms with van der Waals surface area (Å²) in [4.78, 5) is 22.4. The average Bonchev–Trinajstić information content (AvgIpc) is 3.21. The predicted octanol–water partition coefficient (Wildman–Crippen LogP) is 4.33. The van der Waals surface area contributed by atoms with Crippen LogP contribution in [-0.2, 0) is 4.74 Å². The molecular weight excluding hydrogens is 310 g/mol. The monoisotopic (exact) mass is 331 g/mol. The quantitative estimate of drug-likeness (QED) is 0.355. The number of nitro groups is 1. The van der Waals surface area contributed by atoms with Crippen molar-refractivity contribution in [2.75, 3.05) is 0 Å². The second-order valence-electron chi connectivity index (χ2n) is 7.97. The Bertz CT molecular complexity index is 682. The van der Waals surface area contributed by atoms with Gasteiger partial charge in [-0.05, 0) is 69.4 Å². The maximum Gasteiger partial charge on any atom is 0.514 e. The van der Waals surface area contributed by atoms with E-state index in [0.29, 0.717) is 5.92 Å². The van der Waals surface area contributed by atoms with Crippen LogP contribution in [0, 0.1) is 33.3 Å². The van der Waals surface area contributed by atoms with E-state index < -0.39 is 16.7 Å². The van der Waals surface area contributed by atoms with Crippen molar-refractivity contribution in [2.24, 2.45) is 23.2 Å². The smallest absolute Gasteiger partial charge is 0.427 e. The first-order valence-electron chi connectivity index (χ1n) is 8.46. The van der Waals surface area contributed by atoms with Gasteiger partial charge in [0.25, 0.3) is 5.69 Å². The molecule has 2 unspecified atom stereocenters. The molecule has 4 saturated carbocycles. The first-order chi connectivity index (χ1) is 11.3. The van der Waals surface area contributed by atoms with Crippen molar-refractivity contribution in [3.63, 3.8) is 0 Å². The lowest BCUT2D eigenvalue weighted by molar-refractivity contribution is -0.384. The van der Waals surface area contributed by atoms with Crippen molar-refractivity contribution in [1.82, 2.24) is 0 Å². The number of non-ortho nitro benzene ring substituents is 1. The summed E-state index contributed by atoms with van der Waals surface area (Å²) in [5.74, 6) is 2.53. The number of hydrogen-bond acceptors (Lipinski definition) is 5. The largest absolute Gasteiger partial charge is 0.514 e. The van der Waals surface area contributed by atoms with Crippen LogP contribution in [0.3, 0.4) is 0 Å². The van der Waals surface area contributed by atoms with Crippen LogP contribution in [0.15, 0.2) is 24.3 Å². The van der Waals surface area contributed by atoms with Gasteiger partial charge in [0, 0.05) is 17.5 Å². The molecule has 2 atom stereocenters. The van der Waals surface area contributed by atoms with Crippen molar-refractivity contribution in [2.45, 2.75) is 45.1 Å². The molecule has 6 nitrogen and oxygen atoms in total. The van der Waals surface area contributed by atoms with E-state index in [1.165, 1.54) is 37.1 Å². The highest BCUT2D eigenvalue weighted by molar-refractivity contribution is 5.64. The van der Waals surface area contributed by atoms with E-state index in [2.05, 4.69) is 0 Å². The number of carbonyl (C=O) groups is 1. The van der Waals surface area contributed by atoms with Gasteiger partial charge in [0.1, 0.15) is 11.4 Å². The van der Waals surface area contributed by atoms with Crippen molar-refractivity contribution in [3.8, 4) is 5.75 Å². The maximum absolute atomic E-state index is 12.2. The Balaban J connectivity index is 1.43. The van der Waals surface area contributed by atoms with E-state index in [-0.39, 0.29) is 16.9 Å². The molecule has 0 N–H and O–H groups in total. The molecule has 0 radical (unpaired) electrons. The number of nitro benzene ring substituents is 1. The number of hydrogen-bond donors (Lipinski definition) is 0. The van der Waals surface area contributed by atoms with Crippen LogP contribution >= 0.6 is 0 Å². The molecule has 6 heteroatoms. The van der Waals surface area contributed by atoms with Crippen molar-refractivity contribution >= 4 is 11.8 Å². The van der Waals surface area contributed by atoms with Gasteiger partial charge in [-0.2, -0.15) is 0 Å². The molecule has 1 aromatic rings. The summed E-state index contributed by atoms with van der Waals surface area (Å²) in [6, 6.07) is 5.42.